The molecule has 0 aliphatic heterocycles. The normalized spacial score (nSPS) is 13.6. The summed E-state index contributed by atoms with van der Waals surface area (Å²) in [4.78, 5) is 10.6. The molecule has 0 aliphatic rings. The summed E-state index contributed by atoms with van der Waals surface area (Å²) in [6.07, 6.45) is 1.96. The first kappa shape index (κ1) is 15.7. The highest BCUT2D eigenvalue weighted by Gasteiger charge is 2.16. The molecule has 2 atom stereocenters. The molecule has 2 rings (SSSR count). The third-order valence-electron chi connectivity index (χ3n) is 3.65. The van der Waals surface area contributed by atoms with Gasteiger partial charge < -0.3 is 0 Å². The predicted octanol–water partition coefficient (Wildman–Crippen LogP) is 5.30. The van der Waals surface area contributed by atoms with Gasteiger partial charge in [0, 0.05) is 17.0 Å². The lowest BCUT2D eigenvalue weighted by Gasteiger charge is -2.18. The molecular weight excluding hydrogens is 330 g/mol. The summed E-state index contributed by atoms with van der Waals surface area (Å²) >= 11 is 3.77. The molecule has 0 amide bonds. The highest BCUT2D eigenvalue weighted by molar-refractivity contribution is 9.09. The number of alkyl halides is 1. The van der Waals surface area contributed by atoms with Gasteiger partial charge in [-0.05, 0) is 29.9 Å². The van der Waals surface area contributed by atoms with Crippen LogP contribution in [-0.4, -0.2) is 4.92 Å². The third kappa shape index (κ3) is 4.39. The second-order valence-electron chi connectivity index (χ2n) is 5.25. The van der Waals surface area contributed by atoms with Crippen molar-refractivity contribution in [3.05, 3.63) is 75.8 Å². The van der Waals surface area contributed by atoms with Crippen LogP contribution in [0.1, 0.15) is 29.3 Å². The van der Waals surface area contributed by atoms with Crippen molar-refractivity contribution in [2.75, 3.05) is 0 Å². The lowest BCUT2D eigenvalue weighted by molar-refractivity contribution is -0.384. The van der Waals surface area contributed by atoms with E-state index in [-0.39, 0.29) is 10.6 Å². The molecule has 4 heteroatoms. The van der Waals surface area contributed by atoms with E-state index in [1.54, 1.807) is 12.1 Å². The van der Waals surface area contributed by atoms with Crippen LogP contribution in [0.5, 0.6) is 0 Å². The number of nitrogens with zero attached hydrogens (tertiary/aromatic N) is 1. The molecule has 0 aromatic heterocycles. The van der Waals surface area contributed by atoms with E-state index >= 15 is 0 Å². The summed E-state index contributed by atoms with van der Waals surface area (Å²) in [6, 6.07) is 17.2. The van der Waals surface area contributed by atoms with Gasteiger partial charge in [0.1, 0.15) is 0 Å². The van der Waals surface area contributed by atoms with Crippen LogP contribution < -0.4 is 0 Å². The fourth-order valence-electron chi connectivity index (χ4n) is 2.29. The summed E-state index contributed by atoms with van der Waals surface area (Å²) in [6.45, 7) is 2.22. The number of nitro groups is 1. The quantitative estimate of drug-likeness (QED) is 0.404. The maximum Gasteiger partial charge on any atom is 0.269 e. The summed E-state index contributed by atoms with van der Waals surface area (Å²) in [5.41, 5.74) is 2.57. The Bertz CT molecular complexity index is 583. The number of nitro benzene ring substituents is 1. The maximum atomic E-state index is 10.6. The number of halogens is 1. The molecule has 110 valence electrons. The molecule has 0 saturated carbocycles. The van der Waals surface area contributed by atoms with E-state index in [9.17, 15) is 10.1 Å². The number of non-ortho nitro benzene ring substituents is 1. The SMILES string of the molecule is CC(CCc1ccc([N+](=O)[O-])cc1)C(Br)c1ccccc1. The molecule has 0 heterocycles. The Morgan fingerprint density at radius 1 is 1.10 bits per heavy atom. The first-order valence-electron chi connectivity index (χ1n) is 7.00. The molecular formula is C17H18BrNO2. The fraction of sp³-hybridized carbons (Fsp3) is 0.294. The maximum absolute atomic E-state index is 10.6. The van der Waals surface area contributed by atoms with Gasteiger partial charge in [-0.2, -0.15) is 0 Å². The van der Waals surface area contributed by atoms with E-state index in [1.165, 1.54) is 5.56 Å². The minimum absolute atomic E-state index is 0.148. The zero-order valence-electron chi connectivity index (χ0n) is 11.9. The summed E-state index contributed by atoms with van der Waals surface area (Å²) in [5.74, 6) is 0.489. The third-order valence-corrected chi connectivity index (χ3v) is 5.08. The smallest absolute Gasteiger partial charge is 0.258 e. The Morgan fingerprint density at radius 2 is 1.71 bits per heavy atom. The van der Waals surface area contributed by atoms with E-state index < -0.39 is 0 Å². The van der Waals surface area contributed by atoms with Gasteiger partial charge in [-0.25, -0.2) is 0 Å². The molecule has 0 bridgehead atoms. The average molecular weight is 348 g/mol. The summed E-state index contributed by atoms with van der Waals surface area (Å²) < 4.78 is 0. The summed E-state index contributed by atoms with van der Waals surface area (Å²) in [7, 11) is 0. The standard InChI is InChI=1S/C17H18BrNO2/c1-13(17(18)15-5-3-2-4-6-15)7-8-14-9-11-16(12-10-14)19(20)21/h2-6,9-13,17H,7-8H2,1H3. The Labute approximate surface area is 133 Å². The average Bonchev–Trinajstić information content (AvgIpc) is 2.53. The minimum Gasteiger partial charge on any atom is -0.258 e. The Hall–Kier alpha value is -1.68. The monoisotopic (exact) mass is 347 g/mol. The topological polar surface area (TPSA) is 43.1 Å². The van der Waals surface area contributed by atoms with Crippen LogP contribution in [0, 0.1) is 16.0 Å². The highest BCUT2D eigenvalue weighted by Crippen LogP contribution is 2.33. The van der Waals surface area contributed by atoms with Gasteiger partial charge in [0.25, 0.3) is 5.69 Å². The lowest BCUT2D eigenvalue weighted by Crippen LogP contribution is -2.05. The lowest BCUT2D eigenvalue weighted by atomic mass is 9.94. The molecule has 2 aromatic carbocycles. The van der Waals surface area contributed by atoms with Gasteiger partial charge in [-0.3, -0.25) is 10.1 Å². The largest absolute Gasteiger partial charge is 0.269 e. The van der Waals surface area contributed by atoms with E-state index in [0.29, 0.717) is 10.7 Å². The fourth-order valence-corrected chi connectivity index (χ4v) is 2.86. The second-order valence-corrected chi connectivity index (χ2v) is 6.24. The van der Waals surface area contributed by atoms with Gasteiger partial charge in [0.05, 0.1) is 4.92 Å². The molecule has 0 spiro atoms. The molecule has 2 unspecified atom stereocenters. The van der Waals surface area contributed by atoms with Crippen LogP contribution in [0.3, 0.4) is 0 Å². The van der Waals surface area contributed by atoms with Gasteiger partial charge in [-0.1, -0.05) is 65.3 Å². The van der Waals surface area contributed by atoms with Crippen molar-refractivity contribution >= 4 is 21.6 Å². The van der Waals surface area contributed by atoms with E-state index in [1.807, 2.05) is 30.3 Å². The summed E-state index contributed by atoms with van der Waals surface area (Å²) in [5, 5.41) is 10.6. The van der Waals surface area contributed by atoms with Crippen LogP contribution in [0.25, 0.3) is 0 Å². The molecule has 0 fully saturated rings. The van der Waals surface area contributed by atoms with Crippen molar-refractivity contribution in [2.45, 2.75) is 24.6 Å². The van der Waals surface area contributed by atoms with E-state index in [2.05, 4.69) is 35.0 Å². The number of hydrogen-bond acceptors (Lipinski definition) is 2. The molecule has 3 nitrogen and oxygen atoms in total. The van der Waals surface area contributed by atoms with Crippen LogP contribution >= 0.6 is 15.9 Å². The zero-order chi connectivity index (χ0) is 15.2. The van der Waals surface area contributed by atoms with Crippen LogP contribution in [0.4, 0.5) is 5.69 Å². The van der Waals surface area contributed by atoms with Crippen LogP contribution in [-0.2, 0) is 6.42 Å². The van der Waals surface area contributed by atoms with Crippen molar-refractivity contribution < 1.29 is 4.92 Å². The first-order chi connectivity index (χ1) is 10.1. The van der Waals surface area contributed by atoms with Gasteiger partial charge >= 0.3 is 0 Å². The van der Waals surface area contributed by atoms with Crippen molar-refractivity contribution in [1.82, 2.24) is 0 Å². The molecule has 0 saturated heterocycles. The van der Waals surface area contributed by atoms with E-state index in [0.717, 1.165) is 18.4 Å². The van der Waals surface area contributed by atoms with Crippen molar-refractivity contribution in [3.8, 4) is 0 Å². The number of rotatable bonds is 6. The van der Waals surface area contributed by atoms with Gasteiger partial charge in [0.2, 0.25) is 0 Å². The number of hydrogen-bond donors (Lipinski definition) is 0. The molecule has 0 radical (unpaired) electrons. The molecule has 2 aromatic rings. The Kier molecular flexibility index (Phi) is 5.51. The van der Waals surface area contributed by atoms with Gasteiger partial charge in [0.15, 0.2) is 0 Å². The first-order valence-corrected chi connectivity index (χ1v) is 7.92. The van der Waals surface area contributed by atoms with E-state index in [4.69, 9.17) is 0 Å². The number of benzene rings is 2. The van der Waals surface area contributed by atoms with Crippen molar-refractivity contribution in [2.24, 2.45) is 5.92 Å². The predicted molar refractivity (Wildman–Crippen MR) is 88.7 cm³/mol. The van der Waals surface area contributed by atoms with Crippen LogP contribution in [0.15, 0.2) is 54.6 Å². The van der Waals surface area contributed by atoms with Crippen molar-refractivity contribution in [3.63, 3.8) is 0 Å². The molecule has 0 aliphatic carbocycles. The minimum atomic E-state index is -0.365. The molecule has 0 N–H and O–H groups in total. The van der Waals surface area contributed by atoms with Gasteiger partial charge in [-0.15, -0.1) is 0 Å². The van der Waals surface area contributed by atoms with Crippen molar-refractivity contribution in [1.29, 1.82) is 0 Å². The van der Waals surface area contributed by atoms with Crippen LogP contribution in [0.2, 0.25) is 0 Å². The number of aryl methyl sites for hydroxylation is 1. The Balaban J connectivity index is 1.91. The highest BCUT2D eigenvalue weighted by atomic mass is 79.9. The Morgan fingerprint density at radius 3 is 2.29 bits per heavy atom. The zero-order valence-corrected chi connectivity index (χ0v) is 13.5. The second kappa shape index (κ2) is 7.36. The molecule has 21 heavy (non-hydrogen) atoms.